The van der Waals surface area contributed by atoms with Crippen molar-refractivity contribution in [3.63, 3.8) is 0 Å². The molecule has 1 amide bonds. The Labute approximate surface area is 150 Å². The van der Waals surface area contributed by atoms with Crippen molar-refractivity contribution in [3.8, 4) is 0 Å². The second kappa shape index (κ2) is 7.24. The van der Waals surface area contributed by atoms with Crippen molar-refractivity contribution in [2.24, 2.45) is 0 Å². The van der Waals surface area contributed by atoms with Gasteiger partial charge in [-0.05, 0) is 42.3 Å². The van der Waals surface area contributed by atoms with E-state index >= 15 is 0 Å². The fourth-order valence-electron chi connectivity index (χ4n) is 2.60. The molecule has 6 heteroatoms. The van der Waals surface area contributed by atoms with Crippen LogP contribution in [0.1, 0.15) is 18.9 Å². The molecule has 1 aromatic heterocycles. The molecule has 124 valence electrons. The highest BCUT2D eigenvalue weighted by Gasteiger charge is 2.13. The Kier molecular flexibility index (Phi) is 5.07. The predicted molar refractivity (Wildman–Crippen MR) is 98.8 cm³/mol. The third kappa shape index (κ3) is 3.71. The molecule has 0 aliphatic heterocycles. The zero-order valence-corrected chi connectivity index (χ0v) is 14.7. The number of nitrogens with one attached hydrogen (secondary N) is 1. The van der Waals surface area contributed by atoms with Gasteiger partial charge in [0.05, 0.1) is 17.5 Å². The number of anilines is 1. The lowest BCUT2D eigenvalue weighted by molar-refractivity contribution is -0.115. The second-order valence-electron chi connectivity index (χ2n) is 5.57. The molecule has 0 fully saturated rings. The van der Waals surface area contributed by atoms with Crippen molar-refractivity contribution in [2.75, 3.05) is 5.32 Å². The molecule has 0 radical (unpaired) electrons. The Morgan fingerprint density at radius 1 is 1.12 bits per heavy atom. The number of nitrogens with zero attached hydrogens (tertiary/aromatic N) is 2. The largest absolute Gasteiger partial charge is 0.310 e. The Balaban J connectivity index is 1.84. The third-order valence-electron chi connectivity index (χ3n) is 3.69. The van der Waals surface area contributed by atoms with Gasteiger partial charge < -0.3 is 4.57 Å². The van der Waals surface area contributed by atoms with Crippen LogP contribution in [0.2, 0.25) is 10.0 Å². The number of fused-ring (bicyclic) bond motifs is 1. The minimum atomic E-state index is -0.115. The number of rotatable bonds is 5. The average molecular weight is 362 g/mol. The van der Waals surface area contributed by atoms with Gasteiger partial charge in [0.15, 0.2) is 0 Å². The smallest absolute Gasteiger partial charge is 0.231 e. The minimum Gasteiger partial charge on any atom is -0.310 e. The Morgan fingerprint density at radius 3 is 2.54 bits per heavy atom. The summed E-state index contributed by atoms with van der Waals surface area (Å²) in [4.78, 5) is 16.9. The molecule has 1 N–H and O–H groups in total. The molecule has 3 rings (SSSR count). The normalized spacial score (nSPS) is 11.0. The maximum Gasteiger partial charge on any atom is 0.231 e. The topological polar surface area (TPSA) is 46.9 Å². The lowest BCUT2D eigenvalue weighted by atomic mass is 10.1. The summed E-state index contributed by atoms with van der Waals surface area (Å²) in [6, 6.07) is 12.8. The number of halogens is 2. The van der Waals surface area contributed by atoms with Gasteiger partial charge in [0, 0.05) is 16.6 Å². The van der Waals surface area contributed by atoms with Gasteiger partial charge in [-0.3, -0.25) is 10.1 Å². The van der Waals surface area contributed by atoms with E-state index in [2.05, 4.69) is 17.2 Å². The number of benzene rings is 2. The molecular weight excluding hydrogens is 345 g/mol. The van der Waals surface area contributed by atoms with Gasteiger partial charge in [-0.2, -0.15) is 0 Å². The highest BCUT2D eigenvalue weighted by molar-refractivity contribution is 6.31. The van der Waals surface area contributed by atoms with E-state index in [1.807, 2.05) is 28.8 Å². The third-order valence-corrected chi connectivity index (χ3v) is 4.17. The number of carbonyl (C=O) groups excluding carboxylic acids is 1. The number of imidazole rings is 1. The van der Waals surface area contributed by atoms with E-state index in [9.17, 15) is 4.79 Å². The summed E-state index contributed by atoms with van der Waals surface area (Å²) in [6.45, 7) is 2.84. The molecule has 3 aromatic rings. The van der Waals surface area contributed by atoms with Crippen LogP contribution in [0.4, 0.5) is 5.95 Å². The summed E-state index contributed by atoms with van der Waals surface area (Å²) in [5, 5.41) is 4.21. The van der Waals surface area contributed by atoms with E-state index in [0.29, 0.717) is 16.0 Å². The number of aromatic nitrogens is 2. The fraction of sp³-hybridized carbons (Fsp3) is 0.222. The quantitative estimate of drug-likeness (QED) is 0.699. The van der Waals surface area contributed by atoms with Crippen LogP contribution in [0.15, 0.2) is 42.5 Å². The molecule has 0 saturated heterocycles. The van der Waals surface area contributed by atoms with Crippen LogP contribution in [0, 0.1) is 0 Å². The summed E-state index contributed by atoms with van der Waals surface area (Å²) < 4.78 is 1.99. The van der Waals surface area contributed by atoms with Crippen LogP contribution < -0.4 is 5.32 Å². The first-order chi connectivity index (χ1) is 11.6. The van der Waals surface area contributed by atoms with Crippen molar-refractivity contribution in [1.29, 1.82) is 0 Å². The van der Waals surface area contributed by atoms with E-state index in [4.69, 9.17) is 23.2 Å². The van der Waals surface area contributed by atoms with Gasteiger partial charge in [0.1, 0.15) is 0 Å². The maximum absolute atomic E-state index is 12.3. The van der Waals surface area contributed by atoms with Crippen molar-refractivity contribution < 1.29 is 4.79 Å². The first-order valence-electron chi connectivity index (χ1n) is 7.77. The highest BCUT2D eigenvalue weighted by atomic mass is 35.5. The van der Waals surface area contributed by atoms with Crippen molar-refractivity contribution in [1.82, 2.24) is 9.55 Å². The van der Waals surface area contributed by atoms with Crippen molar-refractivity contribution >= 4 is 46.1 Å². The molecule has 0 spiro atoms. The molecule has 0 saturated carbocycles. The van der Waals surface area contributed by atoms with Crippen LogP contribution in [-0.2, 0) is 17.8 Å². The van der Waals surface area contributed by atoms with Gasteiger partial charge in [-0.15, -0.1) is 0 Å². The standard InChI is InChI=1S/C18H17Cl2N3O/c1-2-9-23-16-11-14(20)7-8-15(16)21-18(23)22-17(24)10-12-3-5-13(19)6-4-12/h3-8,11H,2,9-10H2,1H3,(H,21,22,24). The molecule has 0 unspecified atom stereocenters. The fourth-order valence-corrected chi connectivity index (χ4v) is 2.89. The maximum atomic E-state index is 12.3. The van der Waals surface area contributed by atoms with Gasteiger partial charge in [0.25, 0.3) is 0 Å². The second-order valence-corrected chi connectivity index (χ2v) is 6.44. The van der Waals surface area contributed by atoms with Crippen LogP contribution in [0.5, 0.6) is 0 Å². The molecule has 0 aliphatic carbocycles. The molecule has 1 heterocycles. The minimum absolute atomic E-state index is 0.115. The predicted octanol–water partition coefficient (Wildman–Crippen LogP) is 4.93. The lowest BCUT2D eigenvalue weighted by Crippen LogP contribution is -2.18. The Bertz CT molecular complexity index is 872. The highest BCUT2D eigenvalue weighted by Crippen LogP contribution is 2.24. The first-order valence-corrected chi connectivity index (χ1v) is 8.52. The Morgan fingerprint density at radius 2 is 1.83 bits per heavy atom. The van der Waals surface area contributed by atoms with Gasteiger partial charge in [-0.25, -0.2) is 4.98 Å². The molecule has 4 nitrogen and oxygen atoms in total. The summed E-state index contributed by atoms with van der Waals surface area (Å²) in [5.41, 5.74) is 2.64. The van der Waals surface area contributed by atoms with E-state index in [0.717, 1.165) is 29.6 Å². The SMILES string of the molecule is CCCn1c(NC(=O)Cc2ccc(Cl)cc2)nc2ccc(Cl)cc21. The van der Waals surface area contributed by atoms with E-state index < -0.39 is 0 Å². The first kappa shape index (κ1) is 16.8. The van der Waals surface area contributed by atoms with E-state index in [1.54, 1.807) is 18.2 Å². The van der Waals surface area contributed by atoms with E-state index in [1.165, 1.54) is 0 Å². The molecule has 24 heavy (non-hydrogen) atoms. The average Bonchev–Trinajstić information content (AvgIpc) is 2.87. The summed E-state index contributed by atoms with van der Waals surface area (Å²) in [6.07, 6.45) is 1.20. The molecule has 0 aliphatic rings. The zero-order chi connectivity index (χ0) is 17.1. The molecule has 2 aromatic carbocycles. The summed E-state index contributed by atoms with van der Waals surface area (Å²) in [7, 11) is 0. The molecule has 0 bridgehead atoms. The van der Waals surface area contributed by atoms with E-state index in [-0.39, 0.29) is 12.3 Å². The lowest BCUT2D eigenvalue weighted by Gasteiger charge is -2.09. The molecule has 0 atom stereocenters. The van der Waals surface area contributed by atoms with Crippen molar-refractivity contribution in [2.45, 2.75) is 26.3 Å². The van der Waals surface area contributed by atoms with Gasteiger partial charge >= 0.3 is 0 Å². The van der Waals surface area contributed by atoms with Gasteiger partial charge in [-0.1, -0.05) is 42.3 Å². The van der Waals surface area contributed by atoms with Crippen LogP contribution in [0.3, 0.4) is 0 Å². The monoisotopic (exact) mass is 361 g/mol. The zero-order valence-electron chi connectivity index (χ0n) is 13.2. The number of hydrogen-bond acceptors (Lipinski definition) is 2. The number of hydrogen-bond donors (Lipinski definition) is 1. The van der Waals surface area contributed by atoms with Crippen molar-refractivity contribution in [3.05, 3.63) is 58.1 Å². The Hall–Kier alpha value is -2.04. The van der Waals surface area contributed by atoms with Gasteiger partial charge in [0.2, 0.25) is 11.9 Å². The number of aryl methyl sites for hydroxylation is 1. The number of carbonyl (C=O) groups is 1. The summed E-state index contributed by atoms with van der Waals surface area (Å²) >= 11 is 12.0. The molecular formula is C18H17Cl2N3O. The number of amides is 1. The van der Waals surface area contributed by atoms with Crippen LogP contribution in [0.25, 0.3) is 11.0 Å². The van der Waals surface area contributed by atoms with Crippen LogP contribution in [-0.4, -0.2) is 15.5 Å². The summed E-state index contributed by atoms with van der Waals surface area (Å²) in [5.74, 6) is 0.434. The van der Waals surface area contributed by atoms with Crippen LogP contribution >= 0.6 is 23.2 Å².